The first-order valence-electron chi connectivity index (χ1n) is 50.9. The summed E-state index contributed by atoms with van der Waals surface area (Å²) < 4.78 is 5.67. The van der Waals surface area contributed by atoms with E-state index in [1.54, 1.807) is 33.4 Å². The van der Waals surface area contributed by atoms with Crippen molar-refractivity contribution in [3.05, 3.63) is 451 Å². The summed E-state index contributed by atoms with van der Waals surface area (Å²) in [5.74, 6) is 2.88. The number of rotatable bonds is 9. The van der Waals surface area contributed by atoms with Crippen molar-refractivity contribution < 1.29 is 0 Å². The second-order valence-electron chi connectivity index (χ2n) is 40.6. The fourth-order valence-corrected chi connectivity index (χ4v) is 29.6. The zero-order valence-electron chi connectivity index (χ0n) is 80.4. The highest BCUT2D eigenvalue weighted by atomic mass is 32.2. The smallest absolute Gasteiger partial charge is 0.0434 e. The van der Waals surface area contributed by atoms with Gasteiger partial charge in [0.1, 0.15) is 0 Å². The number of hydrogen-bond acceptors (Lipinski definition) is 3. The predicted octanol–water partition coefficient (Wildman–Crippen LogP) is 38.1. The van der Waals surface area contributed by atoms with Crippen molar-refractivity contribution in [2.75, 3.05) is 0 Å². The van der Waals surface area contributed by atoms with Crippen LogP contribution in [0.3, 0.4) is 0 Å². The molecule has 0 N–H and O–H groups in total. The average Bonchev–Trinajstić information content (AvgIpc) is 1.57. The molecule has 29 rings (SSSR count). The number of benzene rings is 20. The van der Waals surface area contributed by atoms with Crippen LogP contribution in [-0.4, -0.2) is 0 Å². The predicted molar refractivity (Wildman–Crippen MR) is 602 cm³/mol. The Morgan fingerprint density at radius 2 is 0.799 bits per heavy atom. The van der Waals surface area contributed by atoms with Crippen molar-refractivity contribution in [1.82, 2.24) is 0 Å². The van der Waals surface area contributed by atoms with E-state index >= 15 is 0 Å². The minimum Gasteiger partial charge on any atom is -0.152 e. The van der Waals surface area contributed by atoms with Crippen LogP contribution in [-0.2, 0) is 69.3 Å². The highest BCUT2D eigenvalue weighted by Crippen LogP contribution is 2.58. The van der Waals surface area contributed by atoms with Crippen molar-refractivity contribution >= 4 is 118 Å². The van der Waals surface area contributed by atoms with Crippen molar-refractivity contribution in [3.8, 4) is 111 Å². The molecule has 1 aliphatic heterocycles. The first-order chi connectivity index (χ1) is 68.4. The van der Waals surface area contributed by atoms with Gasteiger partial charge in [0.2, 0.25) is 0 Å². The average molecular weight is 1840 g/mol. The van der Waals surface area contributed by atoms with Gasteiger partial charge in [0.25, 0.3) is 0 Å². The molecule has 22 aromatic rings. The van der Waals surface area contributed by atoms with E-state index in [-0.39, 0.29) is 0 Å². The van der Waals surface area contributed by atoms with Crippen LogP contribution in [0.25, 0.3) is 195 Å². The zero-order valence-corrected chi connectivity index (χ0v) is 82.9. The largest absolute Gasteiger partial charge is 0.152 e. The van der Waals surface area contributed by atoms with Gasteiger partial charge < -0.3 is 0 Å². The Balaban J connectivity index is 0.0000000971. The Kier molecular flexibility index (Phi) is 21.6. The number of thiophene rings is 2. The molecule has 6 aliphatic carbocycles. The van der Waals surface area contributed by atoms with Crippen LogP contribution in [0.5, 0.6) is 0 Å². The molecule has 0 spiro atoms. The standard InChI is InChI=1S/C39H28S.C38H36.C37H28S.C22H18S/c1-23-19-34(31-17-8-16-30-28-14-5-3-10-25(28)21-33(30)31)39-35(20-23)38-36(40-39)22-26-12-7-15-29(26)37(38)32-18-6-11-24-9-2-4-13-27(24)32;1-4-10-26-12-5-6-15-31(26)34-20-19-32(28-18-17-27-13-9-11-24(2)35(27)22-28)36-23-29-21-25(3)30-14-7-8-16-33(30)37(29)38(34)36;1-22-7-5-8-24-13-14-25(18-33(22)24)29-15-16-32(30-12-6-9-26-20-38-21-35(26)30)37-34(29)19-27-17-23(2)28-10-3-4-11-31(28)36(27)37;1-14-6-2-12-19-21(14)22-18(11-5-13-20(22)23-19)17-10-4-8-15-7-3-9-16(15)17/h2-6,8-11,13-14,16-20,22H,7,12,15,21H2,1H3;5-8,12,14-22,24H,4,9-11,13,23H2,1-3H3;3-18H,19-21H2,1-2H3;2,4-6,8,10-13H,3,7,9H2,1H3. The third kappa shape index (κ3) is 14.5. The molecule has 0 bridgehead atoms. The summed E-state index contributed by atoms with van der Waals surface area (Å²) in [4.78, 5) is 0. The minimum absolute atomic E-state index is 0.649. The maximum atomic E-state index is 2.53. The molecule has 2 aromatic heterocycles. The third-order valence-electron chi connectivity index (χ3n) is 32.3. The van der Waals surface area contributed by atoms with Gasteiger partial charge in [-0.25, -0.2) is 0 Å². The summed E-state index contributed by atoms with van der Waals surface area (Å²) in [6.45, 7) is 16.0. The highest BCUT2D eigenvalue weighted by Gasteiger charge is 2.35. The maximum absolute atomic E-state index is 2.53. The van der Waals surface area contributed by atoms with E-state index in [2.05, 4.69) is 388 Å². The van der Waals surface area contributed by atoms with E-state index in [4.69, 9.17) is 0 Å². The second kappa shape index (κ2) is 35.0. The SMILES string of the molecule is CCCc1ccccc1-c1ccc(-c2ccc3c(c2)C(C)CCC3)c2c1-c1c(cc(C)c3ccccc13)C2.Cc1cc(-c2cccc3c2Cc2ccccc2-3)c2sc3cc4c(c(-c5cccc6ccccc56)c3c2c1)CCC4.Cc1cccc2ccc(-c3ccc(-c4cccc5c4CSC5)c4c3Cc3cc(C)c5ccccc5c3-4)cc12.Cc1cccc2sc3cccc(-c4cccc5c4CCC5)c3c12. The highest BCUT2D eigenvalue weighted by molar-refractivity contribution is 7.98. The van der Waals surface area contributed by atoms with Crippen molar-refractivity contribution in [2.24, 2.45) is 0 Å². The third-order valence-corrected chi connectivity index (χ3v) is 35.7. The summed E-state index contributed by atoms with van der Waals surface area (Å²) in [6, 6.07) is 129. The van der Waals surface area contributed by atoms with Crippen LogP contribution >= 0.6 is 34.4 Å². The van der Waals surface area contributed by atoms with Crippen LogP contribution in [0.4, 0.5) is 0 Å². The normalized spacial score (nSPS) is 14.3. The molecule has 0 nitrogen and oxygen atoms in total. The summed E-state index contributed by atoms with van der Waals surface area (Å²) in [5.41, 5.74) is 57.7. The van der Waals surface area contributed by atoms with Gasteiger partial charge in [0, 0.05) is 57.4 Å². The quantitative estimate of drug-likeness (QED) is 0.139. The van der Waals surface area contributed by atoms with Crippen LogP contribution in [0.2, 0.25) is 0 Å². The van der Waals surface area contributed by atoms with Gasteiger partial charge in [-0.05, 0) is 420 Å². The molecular weight excluding hydrogens is 1730 g/mol. The molecule has 1 unspecified atom stereocenters. The Hall–Kier alpha value is -13.8. The lowest BCUT2D eigenvalue weighted by Crippen LogP contribution is -2.07. The molecular formula is C136H110S3. The van der Waals surface area contributed by atoms with Crippen LogP contribution in [0.1, 0.15) is 163 Å². The monoisotopic (exact) mass is 1840 g/mol. The Morgan fingerprint density at radius 3 is 1.55 bits per heavy atom. The van der Waals surface area contributed by atoms with Crippen LogP contribution < -0.4 is 0 Å². The molecule has 3 heteroatoms. The van der Waals surface area contributed by atoms with Gasteiger partial charge in [-0.2, -0.15) is 11.8 Å². The van der Waals surface area contributed by atoms with Gasteiger partial charge in [0.15, 0.2) is 0 Å². The number of hydrogen-bond donors (Lipinski definition) is 0. The fourth-order valence-electron chi connectivity index (χ4n) is 26.0. The minimum atomic E-state index is 0.649. The maximum Gasteiger partial charge on any atom is 0.0434 e. The molecule has 672 valence electrons. The molecule has 7 aliphatic rings. The molecule has 20 aromatic carbocycles. The van der Waals surface area contributed by atoms with Crippen LogP contribution in [0.15, 0.2) is 340 Å². The molecule has 0 amide bonds. The number of fused-ring (bicyclic) bond motifs is 25. The van der Waals surface area contributed by atoms with Gasteiger partial charge >= 0.3 is 0 Å². The van der Waals surface area contributed by atoms with Crippen molar-refractivity contribution in [3.63, 3.8) is 0 Å². The van der Waals surface area contributed by atoms with Crippen LogP contribution in [0, 0.1) is 34.6 Å². The molecule has 0 fully saturated rings. The van der Waals surface area contributed by atoms with E-state index < -0.39 is 0 Å². The van der Waals surface area contributed by atoms with Crippen molar-refractivity contribution in [2.45, 2.75) is 156 Å². The molecule has 0 radical (unpaired) electrons. The molecule has 1 atom stereocenters. The van der Waals surface area contributed by atoms with E-state index in [0.717, 1.165) is 43.6 Å². The topological polar surface area (TPSA) is 0 Å². The summed E-state index contributed by atoms with van der Waals surface area (Å²) in [6.07, 6.45) is 16.5. The fraction of sp³-hybridized carbons (Fsp3) is 0.176. The number of thioether (sulfide) groups is 1. The van der Waals surface area contributed by atoms with E-state index in [1.807, 2.05) is 34.4 Å². The lowest BCUT2D eigenvalue weighted by atomic mass is 9.81. The van der Waals surface area contributed by atoms with Gasteiger partial charge in [-0.1, -0.05) is 324 Å². The van der Waals surface area contributed by atoms with E-state index in [0.29, 0.717) is 5.92 Å². The lowest BCUT2D eigenvalue weighted by molar-refractivity contribution is 0.590. The summed E-state index contributed by atoms with van der Waals surface area (Å²) >= 11 is 5.96. The Bertz CT molecular complexity index is 8890. The van der Waals surface area contributed by atoms with Gasteiger partial charge in [0.05, 0.1) is 0 Å². The second-order valence-corrected chi connectivity index (χ2v) is 43.7. The van der Waals surface area contributed by atoms with E-state index in [1.165, 1.54) is 330 Å². The number of aryl methyl sites for hydroxylation is 9. The molecule has 0 saturated heterocycles. The van der Waals surface area contributed by atoms with Crippen molar-refractivity contribution in [1.29, 1.82) is 0 Å². The Labute approximate surface area is 829 Å². The first-order valence-corrected chi connectivity index (χ1v) is 53.6. The zero-order chi connectivity index (χ0) is 92.9. The summed E-state index contributed by atoms with van der Waals surface area (Å²) in [7, 11) is 0. The lowest BCUT2D eigenvalue weighted by Gasteiger charge is -2.24. The van der Waals surface area contributed by atoms with Gasteiger partial charge in [-0.3, -0.25) is 0 Å². The molecule has 3 heterocycles. The molecule has 0 saturated carbocycles. The molecule has 139 heavy (non-hydrogen) atoms. The van der Waals surface area contributed by atoms with E-state index in [9.17, 15) is 0 Å². The Morgan fingerprint density at radius 1 is 0.266 bits per heavy atom. The summed E-state index contributed by atoms with van der Waals surface area (Å²) in [5, 5.41) is 16.6. The van der Waals surface area contributed by atoms with Gasteiger partial charge in [-0.15, -0.1) is 22.7 Å². The first kappa shape index (κ1) is 85.6.